The summed E-state index contributed by atoms with van der Waals surface area (Å²) in [6, 6.07) is 8.36. The Bertz CT molecular complexity index is 1210. The summed E-state index contributed by atoms with van der Waals surface area (Å²) in [5.41, 5.74) is 2.54. The molecule has 5 rings (SSSR count). The monoisotopic (exact) mass is 395 g/mol. The summed E-state index contributed by atoms with van der Waals surface area (Å²) in [4.78, 5) is 26.4. The number of rotatable bonds is 3. The van der Waals surface area contributed by atoms with Gasteiger partial charge in [-0.2, -0.15) is 0 Å². The minimum absolute atomic E-state index is 0.0321. The van der Waals surface area contributed by atoms with Crippen LogP contribution in [0.4, 0.5) is 10.1 Å². The molecule has 0 bridgehead atoms. The van der Waals surface area contributed by atoms with E-state index < -0.39 is 0 Å². The number of hydrogen-bond acceptors (Lipinski definition) is 6. The lowest BCUT2D eigenvalue weighted by molar-refractivity contribution is 0.247. The number of piperazine rings is 1. The van der Waals surface area contributed by atoms with Gasteiger partial charge in [0.15, 0.2) is 4.96 Å². The zero-order valence-corrected chi connectivity index (χ0v) is 15.9. The predicted octanol–water partition coefficient (Wildman–Crippen LogP) is 2.77. The number of anilines is 1. The van der Waals surface area contributed by atoms with Crippen LogP contribution in [0.2, 0.25) is 0 Å². The maximum Gasteiger partial charge on any atom is 0.258 e. The van der Waals surface area contributed by atoms with Gasteiger partial charge in [-0.05, 0) is 18.2 Å². The number of thiazole rings is 1. The molecule has 4 heterocycles. The molecular formula is C20H18FN5OS. The fourth-order valence-corrected chi connectivity index (χ4v) is 4.47. The van der Waals surface area contributed by atoms with Crippen molar-refractivity contribution in [2.75, 3.05) is 31.1 Å². The van der Waals surface area contributed by atoms with Crippen LogP contribution in [0, 0.1) is 5.82 Å². The quantitative estimate of drug-likeness (QED) is 0.534. The van der Waals surface area contributed by atoms with Crippen molar-refractivity contribution in [1.82, 2.24) is 19.3 Å². The second kappa shape index (κ2) is 6.96. The summed E-state index contributed by atoms with van der Waals surface area (Å²) in [6.07, 6.45) is 3.49. The molecule has 1 aromatic carbocycles. The largest absolute Gasteiger partial charge is 0.368 e. The summed E-state index contributed by atoms with van der Waals surface area (Å²) in [6.45, 7) is 4.13. The minimum Gasteiger partial charge on any atom is -0.368 e. The molecule has 0 N–H and O–H groups in total. The highest BCUT2D eigenvalue weighted by Gasteiger charge is 2.20. The summed E-state index contributed by atoms with van der Waals surface area (Å²) in [5, 5.41) is 2.84. The Labute approximate surface area is 164 Å². The number of benzene rings is 1. The smallest absolute Gasteiger partial charge is 0.258 e. The third kappa shape index (κ3) is 3.14. The Morgan fingerprint density at radius 3 is 2.82 bits per heavy atom. The van der Waals surface area contributed by atoms with Crippen molar-refractivity contribution in [1.29, 1.82) is 0 Å². The molecule has 0 saturated carbocycles. The first kappa shape index (κ1) is 17.3. The standard InChI is InChI=1S/C20H18FN5OS/c21-14-1-2-16-17(11-14)22-4-3-18(16)25-7-5-24(6-8-25)13-15-12-19(27)26-9-10-28-20(26)23-15/h1-4,9-12H,5-8,13H2. The van der Waals surface area contributed by atoms with E-state index in [1.807, 2.05) is 11.4 Å². The van der Waals surface area contributed by atoms with Gasteiger partial charge in [0.25, 0.3) is 5.56 Å². The van der Waals surface area contributed by atoms with Crippen LogP contribution in [-0.4, -0.2) is 45.4 Å². The van der Waals surface area contributed by atoms with Crippen LogP contribution >= 0.6 is 11.3 Å². The molecule has 1 aliphatic heterocycles. The second-order valence-electron chi connectivity index (χ2n) is 6.90. The van der Waals surface area contributed by atoms with Gasteiger partial charge in [-0.1, -0.05) is 0 Å². The molecule has 0 atom stereocenters. The number of pyridine rings is 1. The highest BCUT2D eigenvalue weighted by Crippen LogP contribution is 2.27. The molecule has 0 amide bonds. The average Bonchev–Trinajstić information content (AvgIpc) is 3.17. The summed E-state index contributed by atoms with van der Waals surface area (Å²) >= 11 is 1.47. The van der Waals surface area contributed by atoms with Crippen molar-refractivity contribution >= 4 is 32.9 Å². The molecule has 142 valence electrons. The highest BCUT2D eigenvalue weighted by atomic mass is 32.1. The molecular weight excluding hydrogens is 377 g/mol. The van der Waals surface area contributed by atoms with Crippen LogP contribution in [0.3, 0.4) is 0 Å². The highest BCUT2D eigenvalue weighted by molar-refractivity contribution is 7.15. The summed E-state index contributed by atoms with van der Waals surface area (Å²) < 4.78 is 15.1. The molecule has 0 spiro atoms. The van der Waals surface area contributed by atoms with Crippen LogP contribution in [-0.2, 0) is 6.54 Å². The molecule has 28 heavy (non-hydrogen) atoms. The molecule has 1 saturated heterocycles. The van der Waals surface area contributed by atoms with Gasteiger partial charge in [-0.15, -0.1) is 11.3 Å². The van der Waals surface area contributed by atoms with Crippen molar-refractivity contribution in [2.24, 2.45) is 0 Å². The fraction of sp³-hybridized carbons (Fsp3) is 0.250. The maximum atomic E-state index is 13.5. The third-order valence-electron chi connectivity index (χ3n) is 5.14. The average molecular weight is 395 g/mol. The molecule has 0 aliphatic carbocycles. The Morgan fingerprint density at radius 1 is 1.11 bits per heavy atom. The van der Waals surface area contributed by atoms with Gasteiger partial charge >= 0.3 is 0 Å². The summed E-state index contributed by atoms with van der Waals surface area (Å²) in [7, 11) is 0. The van der Waals surface area contributed by atoms with Gasteiger partial charge in [-0.3, -0.25) is 19.1 Å². The Balaban J connectivity index is 1.32. The molecule has 0 unspecified atom stereocenters. The van der Waals surface area contributed by atoms with Gasteiger partial charge < -0.3 is 4.90 Å². The third-order valence-corrected chi connectivity index (χ3v) is 5.89. The number of hydrogen-bond donors (Lipinski definition) is 0. The molecule has 0 radical (unpaired) electrons. The van der Waals surface area contributed by atoms with Crippen molar-refractivity contribution in [3.8, 4) is 0 Å². The lowest BCUT2D eigenvalue weighted by Gasteiger charge is -2.36. The number of fused-ring (bicyclic) bond motifs is 2. The second-order valence-corrected chi connectivity index (χ2v) is 7.77. The number of nitrogens with zero attached hydrogens (tertiary/aromatic N) is 5. The number of halogens is 1. The van der Waals surface area contributed by atoms with Crippen molar-refractivity contribution in [2.45, 2.75) is 6.54 Å². The van der Waals surface area contributed by atoms with Gasteiger partial charge in [0.2, 0.25) is 0 Å². The SMILES string of the molecule is O=c1cc(CN2CCN(c3ccnc4cc(F)ccc34)CC2)nc2sccn12. The summed E-state index contributed by atoms with van der Waals surface area (Å²) in [5.74, 6) is -0.270. The van der Waals surface area contributed by atoms with Crippen LogP contribution in [0.5, 0.6) is 0 Å². The van der Waals surface area contributed by atoms with Crippen molar-refractivity contribution in [3.63, 3.8) is 0 Å². The molecule has 4 aromatic rings. The first-order valence-corrected chi connectivity index (χ1v) is 10.0. The minimum atomic E-state index is -0.270. The lowest BCUT2D eigenvalue weighted by Crippen LogP contribution is -2.46. The van der Waals surface area contributed by atoms with Gasteiger partial charge in [-0.25, -0.2) is 9.37 Å². The Morgan fingerprint density at radius 2 is 1.96 bits per heavy atom. The first-order valence-electron chi connectivity index (χ1n) is 9.15. The van der Waals surface area contributed by atoms with Gasteiger partial charge in [0.1, 0.15) is 5.82 Å². The zero-order valence-electron chi connectivity index (χ0n) is 15.1. The zero-order chi connectivity index (χ0) is 19.1. The predicted molar refractivity (Wildman–Crippen MR) is 109 cm³/mol. The first-order chi connectivity index (χ1) is 13.7. The van der Waals surface area contributed by atoms with Crippen LogP contribution in [0.1, 0.15) is 5.69 Å². The lowest BCUT2D eigenvalue weighted by atomic mass is 10.1. The van der Waals surface area contributed by atoms with E-state index in [1.54, 1.807) is 28.9 Å². The molecule has 6 nitrogen and oxygen atoms in total. The van der Waals surface area contributed by atoms with E-state index in [4.69, 9.17) is 0 Å². The number of aromatic nitrogens is 3. The van der Waals surface area contributed by atoms with E-state index in [9.17, 15) is 9.18 Å². The maximum absolute atomic E-state index is 13.5. The van der Waals surface area contributed by atoms with E-state index >= 15 is 0 Å². The normalized spacial score (nSPS) is 15.5. The molecule has 1 fully saturated rings. The van der Waals surface area contributed by atoms with E-state index in [0.717, 1.165) is 47.9 Å². The van der Waals surface area contributed by atoms with Crippen molar-refractivity contribution in [3.05, 3.63) is 70.0 Å². The topological polar surface area (TPSA) is 53.7 Å². The molecule has 8 heteroatoms. The Hall–Kier alpha value is -2.84. The van der Waals surface area contributed by atoms with E-state index in [2.05, 4.69) is 19.8 Å². The molecule has 3 aromatic heterocycles. The van der Waals surface area contributed by atoms with E-state index in [0.29, 0.717) is 12.1 Å². The van der Waals surface area contributed by atoms with Gasteiger partial charge in [0.05, 0.1) is 11.2 Å². The fourth-order valence-electron chi connectivity index (χ4n) is 3.73. The van der Waals surface area contributed by atoms with Crippen molar-refractivity contribution < 1.29 is 4.39 Å². The molecule has 1 aliphatic rings. The van der Waals surface area contributed by atoms with E-state index in [-0.39, 0.29) is 11.4 Å². The Kier molecular flexibility index (Phi) is 4.29. The van der Waals surface area contributed by atoms with Crippen LogP contribution < -0.4 is 10.5 Å². The van der Waals surface area contributed by atoms with Crippen LogP contribution in [0.25, 0.3) is 15.9 Å². The van der Waals surface area contributed by atoms with Gasteiger partial charge in [0, 0.05) is 73.7 Å². The van der Waals surface area contributed by atoms with E-state index in [1.165, 1.54) is 23.5 Å². The van der Waals surface area contributed by atoms with Crippen LogP contribution in [0.15, 0.2) is 52.9 Å².